The summed E-state index contributed by atoms with van der Waals surface area (Å²) in [5, 5.41) is 1.79. The summed E-state index contributed by atoms with van der Waals surface area (Å²) in [6.45, 7) is 0.593. The van der Waals surface area contributed by atoms with Crippen molar-refractivity contribution < 1.29 is 4.39 Å². The van der Waals surface area contributed by atoms with E-state index in [4.69, 9.17) is 11.6 Å². The molecule has 2 nitrogen and oxygen atoms in total. The Morgan fingerprint density at radius 1 is 1.17 bits per heavy atom. The van der Waals surface area contributed by atoms with Gasteiger partial charge >= 0.3 is 0 Å². The monoisotopic (exact) mass is 260 g/mol. The summed E-state index contributed by atoms with van der Waals surface area (Å²) in [6, 6.07) is 9.22. The predicted molar refractivity (Wildman–Crippen MR) is 70.2 cm³/mol. The molecule has 0 saturated heterocycles. The topological polar surface area (TPSA) is 17.8 Å². The van der Waals surface area contributed by atoms with Crippen molar-refractivity contribution in [2.75, 3.05) is 0 Å². The second kappa shape index (κ2) is 4.42. The molecule has 0 aliphatic heterocycles. The van der Waals surface area contributed by atoms with Gasteiger partial charge in [-0.25, -0.2) is 4.39 Å². The third-order valence-corrected chi connectivity index (χ3v) is 3.08. The fourth-order valence-corrected chi connectivity index (χ4v) is 2.23. The molecule has 0 spiro atoms. The van der Waals surface area contributed by atoms with Gasteiger partial charge in [0.25, 0.3) is 0 Å². The largest absolute Gasteiger partial charge is 0.343 e. The maximum atomic E-state index is 13.1. The Kier molecular flexibility index (Phi) is 2.76. The lowest BCUT2D eigenvalue weighted by Gasteiger charge is -2.05. The highest BCUT2D eigenvalue weighted by Gasteiger charge is 2.03. The smallest absolute Gasteiger partial charge is 0.141 e. The summed E-state index contributed by atoms with van der Waals surface area (Å²) in [5.74, 6) is -0.313. The minimum absolute atomic E-state index is 0.313. The molecule has 3 aromatic rings. The maximum absolute atomic E-state index is 13.1. The Hall–Kier alpha value is -1.87. The lowest BCUT2D eigenvalue weighted by Crippen LogP contribution is -1.98. The molecule has 18 heavy (non-hydrogen) atoms. The minimum atomic E-state index is -0.313. The Labute approximate surface area is 109 Å². The molecule has 0 aliphatic carbocycles. The van der Waals surface area contributed by atoms with Gasteiger partial charge in [0, 0.05) is 34.9 Å². The van der Waals surface area contributed by atoms with Gasteiger partial charge in [-0.05, 0) is 35.9 Å². The van der Waals surface area contributed by atoms with Gasteiger partial charge in [-0.2, -0.15) is 0 Å². The van der Waals surface area contributed by atoms with Crippen molar-refractivity contribution in [3.05, 3.63) is 65.3 Å². The molecular weight excluding hydrogens is 251 g/mol. The summed E-state index contributed by atoms with van der Waals surface area (Å²) < 4.78 is 15.1. The van der Waals surface area contributed by atoms with Crippen molar-refractivity contribution in [3.63, 3.8) is 0 Å². The van der Waals surface area contributed by atoms with Crippen molar-refractivity contribution in [2.45, 2.75) is 6.54 Å². The van der Waals surface area contributed by atoms with Crippen LogP contribution >= 0.6 is 11.6 Å². The molecule has 90 valence electrons. The molecule has 0 N–H and O–H groups in total. The van der Waals surface area contributed by atoms with E-state index in [0.29, 0.717) is 11.6 Å². The van der Waals surface area contributed by atoms with E-state index < -0.39 is 0 Å². The van der Waals surface area contributed by atoms with E-state index in [1.54, 1.807) is 6.20 Å². The average Bonchev–Trinajstić information content (AvgIpc) is 2.72. The summed E-state index contributed by atoms with van der Waals surface area (Å²) >= 11 is 5.94. The van der Waals surface area contributed by atoms with Crippen LogP contribution in [0.2, 0.25) is 5.02 Å². The van der Waals surface area contributed by atoms with Crippen LogP contribution in [-0.2, 0) is 6.54 Å². The second-order valence-corrected chi connectivity index (χ2v) is 4.59. The van der Waals surface area contributed by atoms with Crippen LogP contribution in [0.5, 0.6) is 0 Å². The first-order chi connectivity index (χ1) is 8.72. The highest BCUT2D eigenvalue weighted by molar-refractivity contribution is 6.31. The van der Waals surface area contributed by atoms with Crippen molar-refractivity contribution in [2.24, 2.45) is 0 Å². The number of hydrogen-bond acceptors (Lipinski definition) is 1. The van der Waals surface area contributed by atoms with Gasteiger partial charge in [0.1, 0.15) is 5.82 Å². The highest BCUT2D eigenvalue weighted by Crippen LogP contribution is 2.21. The van der Waals surface area contributed by atoms with Crippen LogP contribution in [0.4, 0.5) is 4.39 Å². The van der Waals surface area contributed by atoms with Gasteiger partial charge in [0.15, 0.2) is 0 Å². The molecule has 0 unspecified atom stereocenters. The summed E-state index contributed by atoms with van der Waals surface area (Å²) in [6.07, 6.45) is 4.84. The van der Waals surface area contributed by atoms with Crippen LogP contribution in [0, 0.1) is 5.82 Å². The molecule has 0 bridgehead atoms. The van der Waals surface area contributed by atoms with Crippen LogP contribution in [-0.4, -0.2) is 9.55 Å². The van der Waals surface area contributed by atoms with E-state index in [1.807, 2.05) is 35.0 Å². The second-order valence-electron chi connectivity index (χ2n) is 4.16. The minimum Gasteiger partial charge on any atom is -0.343 e. The average molecular weight is 261 g/mol. The van der Waals surface area contributed by atoms with Crippen molar-refractivity contribution in [1.29, 1.82) is 0 Å². The van der Waals surface area contributed by atoms with Gasteiger partial charge in [-0.1, -0.05) is 11.6 Å². The summed E-state index contributed by atoms with van der Waals surface area (Å²) in [7, 11) is 0. The zero-order chi connectivity index (χ0) is 12.5. The Morgan fingerprint density at radius 2 is 2.06 bits per heavy atom. The zero-order valence-electron chi connectivity index (χ0n) is 9.48. The number of pyridine rings is 1. The molecule has 0 atom stereocenters. The fourth-order valence-electron chi connectivity index (χ4n) is 2.05. The quantitative estimate of drug-likeness (QED) is 0.684. The first-order valence-corrected chi connectivity index (χ1v) is 5.94. The Morgan fingerprint density at radius 3 is 2.89 bits per heavy atom. The van der Waals surface area contributed by atoms with Crippen LogP contribution in [0.15, 0.2) is 48.9 Å². The summed E-state index contributed by atoms with van der Waals surface area (Å²) in [4.78, 5) is 3.85. The van der Waals surface area contributed by atoms with Gasteiger partial charge < -0.3 is 4.57 Å². The van der Waals surface area contributed by atoms with Gasteiger partial charge in [-0.3, -0.25) is 4.98 Å². The molecule has 2 heterocycles. The number of benzene rings is 1. The lowest BCUT2D eigenvalue weighted by molar-refractivity contribution is 0.617. The van der Waals surface area contributed by atoms with Crippen molar-refractivity contribution in [3.8, 4) is 0 Å². The van der Waals surface area contributed by atoms with E-state index in [2.05, 4.69) is 4.98 Å². The molecule has 1 aromatic carbocycles. The van der Waals surface area contributed by atoms with E-state index >= 15 is 0 Å². The number of nitrogens with zero attached hydrogens (tertiary/aromatic N) is 2. The third kappa shape index (κ3) is 2.09. The van der Waals surface area contributed by atoms with Crippen LogP contribution in [0.25, 0.3) is 10.9 Å². The number of aromatic nitrogens is 2. The zero-order valence-corrected chi connectivity index (χ0v) is 10.2. The number of rotatable bonds is 2. The van der Waals surface area contributed by atoms with Gasteiger partial charge in [-0.15, -0.1) is 0 Å². The number of fused-ring (bicyclic) bond motifs is 1. The standard InChI is InChI=1S/C14H10ClFN2/c15-12-1-2-14-11(6-12)3-4-18(14)9-10-5-13(16)8-17-7-10/h1-8H,9H2. The predicted octanol–water partition coefficient (Wildman–Crippen LogP) is 3.88. The molecule has 0 fully saturated rings. The maximum Gasteiger partial charge on any atom is 0.141 e. The van der Waals surface area contributed by atoms with Gasteiger partial charge in [0.2, 0.25) is 0 Å². The normalized spacial score (nSPS) is 11.0. The lowest BCUT2D eigenvalue weighted by atomic mass is 10.2. The molecule has 3 rings (SSSR count). The third-order valence-electron chi connectivity index (χ3n) is 2.85. The first kappa shape index (κ1) is 11.2. The molecule has 0 amide bonds. The van der Waals surface area contributed by atoms with Crippen LogP contribution in [0.1, 0.15) is 5.56 Å². The number of hydrogen-bond donors (Lipinski definition) is 0. The molecule has 2 aromatic heterocycles. The highest BCUT2D eigenvalue weighted by atomic mass is 35.5. The first-order valence-electron chi connectivity index (χ1n) is 5.56. The molecular formula is C14H10ClFN2. The van der Waals surface area contributed by atoms with E-state index in [9.17, 15) is 4.39 Å². The van der Waals surface area contributed by atoms with E-state index in [1.165, 1.54) is 12.3 Å². The van der Waals surface area contributed by atoms with E-state index in [-0.39, 0.29) is 5.82 Å². The van der Waals surface area contributed by atoms with Crippen molar-refractivity contribution in [1.82, 2.24) is 9.55 Å². The van der Waals surface area contributed by atoms with Crippen molar-refractivity contribution >= 4 is 22.5 Å². The Balaban J connectivity index is 2.00. The molecule has 0 aliphatic rings. The molecule has 4 heteroatoms. The SMILES string of the molecule is Fc1cncc(Cn2ccc3cc(Cl)ccc32)c1. The van der Waals surface area contributed by atoms with Crippen LogP contribution in [0.3, 0.4) is 0 Å². The van der Waals surface area contributed by atoms with Gasteiger partial charge in [0.05, 0.1) is 6.20 Å². The molecule has 0 saturated carbocycles. The fraction of sp³-hybridized carbons (Fsp3) is 0.0714. The summed E-state index contributed by atoms with van der Waals surface area (Å²) in [5.41, 5.74) is 1.91. The number of halogens is 2. The Bertz CT molecular complexity index is 706. The van der Waals surface area contributed by atoms with Crippen LogP contribution < -0.4 is 0 Å². The molecule has 0 radical (unpaired) electrons. The van der Waals surface area contributed by atoms with E-state index in [0.717, 1.165) is 16.5 Å².